The lowest BCUT2D eigenvalue weighted by molar-refractivity contribution is -0.144. The molecular weight excluding hydrogens is 420 g/mol. The SMILES string of the molecule is C=C(C)C(=O)Oc1ccc(-c2ccc3c(c2)C(OC(=O)C(=C)C)CC3)cc1OC(=O)C(=C)C. The van der Waals surface area contributed by atoms with Crippen LogP contribution in [0.1, 0.15) is 44.4 Å². The van der Waals surface area contributed by atoms with Crippen molar-refractivity contribution in [3.63, 3.8) is 0 Å². The quantitative estimate of drug-likeness (QED) is 0.321. The van der Waals surface area contributed by atoms with Crippen LogP contribution >= 0.6 is 0 Å². The van der Waals surface area contributed by atoms with E-state index in [0.717, 1.165) is 28.7 Å². The van der Waals surface area contributed by atoms with Gasteiger partial charge in [0.15, 0.2) is 11.5 Å². The number of carbonyl (C=O) groups is 3. The molecule has 1 aliphatic carbocycles. The Morgan fingerprint density at radius 3 is 1.91 bits per heavy atom. The van der Waals surface area contributed by atoms with E-state index in [9.17, 15) is 14.4 Å². The number of hydrogen-bond acceptors (Lipinski definition) is 6. The smallest absolute Gasteiger partial charge is 0.338 e. The minimum Gasteiger partial charge on any atom is -0.454 e. The highest BCUT2D eigenvalue weighted by molar-refractivity contribution is 5.91. The van der Waals surface area contributed by atoms with Gasteiger partial charge in [-0.2, -0.15) is 0 Å². The Morgan fingerprint density at radius 1 is 0.758 bits per heavy atom. The molecule has 0 amide bonds. The van der Waals surface area contributed by atoms with E-state index < -0.39 is 17.9 Å². The van der Waals surface area contributed by atoms with Crippen LogP contribution in [0.15, 0.2) is 72.9 Å². The zero-order valence-electron chi connectivity index (χ0n) is 19.0. The van der Waals surface area contributed by atoms with E-state index in [-0.39, 0.29) is 28.7 Å². The first-order chi connectivity index (χ1) is 15.6. The molecule has 2 aromatic carbocycles. The molecule has 170 valence electrons. The largest absolute Gasteiger partial charge is 0.454 e. The number of ether oxygens (including phenoxy) is 3. The summed E-state index contributed by atoms with van der Waals surface area (Å²) in [5.74, 6) is -1.51. The molecule has 1 aliphatic rings. The molecule has 6 heteroatoms. The van der Waals surface area contributed by atoms with Crippen molar-refractivity contribution >= 4 is 17.9 Å². The molecular formula is C27H26O6. The molecule has 0 spiro atoms. The molecule has 0 saturated heterocycles. The molecule has 0 aliphatic heterocycles. The van der Waals surface area contributed by atoms with Crippen LogP contribution in [0.2, 0.25) is 0 Å². The van der Waals surface area contributed by atoms with E-state index in [1.54, 1.807) is 25.1 Å². The maximum Gasteiger partial charge on any atom is 0.338 e. The Morgan fingerprint density at radius 2 is 1.30 bits per heavy atom. The number of fused-ring (bicyclic) bond motifs is 1. The first-order valence-electron chi connectivity index (χ1n) is 10.5. The Labute approximate surface area is 193 Å². The molecule has 0 heterocycles. The summed E-state index contributed by atoms with van der Waals surface area (Å²) in [6, 6.07) is 10.8. The zero-order valence-corrected chi connectivity index (χ0v) is 19.0. The number of aryl methyl sites for hydroxylation is 1. The third-order valence-electron chi connectivity index (χ3n) is 5.15. The highest BCUT2D eigenvalue weighted by Crippen LogP contribution is 2.39. The number of hydrogen-bond donors (Lipinski definition) is 0. The number of esters is 3. The van der Waals surface area contributed by atoms with E-state index in [1.165, 1.54) is 13.8 Å². The van der Waals surface area contributed by atoms with Crippen LogP contribution in [0.25, 0.3) is 11.1 Å². The van der Waals surface area contributed by atoms with Crippen molar-refractivity contribution in [2.75, 3.05) is 0 Å². The highest BCUT2D eigenvalue weighted by atomic mass is 16.6. The van der Waals surface area contributed by atoms with E-state index >= 15 is 0 Å². The lowest BCUT2D eigenvalue weighted by atomic mass is 9.99. The molecule has 0 aromatic heterocycles. The van der Waals surface area contributed by atoms with E-state index in [4.69, 9.17) is 14.2 Å². The minimum absolute atomic E-state index is 0.0841. The molecule has 2 aromatic rings. The first-order valence-corrected chi connectivity index (χ1v) is 10.5. The van der Waals surface area contributed by atoms with Crippen molar-refractivity contribution in [2.24, 2.45) is 0 Å². The van der Waals surface area contributed by atoms with Crippen molar-refractivity contribution in [3.8, 4) is 22.6 Å². The van der Waals surface area contributed by atoms with Crippen molar-refractivity contribution in [3.05, 3.63) is 84.0 Å². The molecule has 0 bridgehead atoms. The van der Waals surface area contributed by atoms with Crippen LogP contribution in [-0.2, 0) is 25.5 Å². The summed E-state index contributed by atoms with van der Waals surface area (Å²) in [6.07, 6.45) is 1.16. The van der Waals surface area contributed by atoms with E-state index in [0.29, 0.717) is 12.0 Å². The Balaban J connectivity index is 1.97. The van der Waals surface area contributed by atoms with Crippen molar-refractivity contribution in [1.29, 1.82) is 0 Å². The average molecular weight is 446 g/mol. The van der Waals surface area contributed by atoms with Gasteiger partial charge < -0.3 is 14.2 Å². The van der Waals surface area contributed by atoms with Gasteiger partial charge in [-0.15, -0.1) is 0 Å². The summed E-state index contributed by atoms with van der Waals surface area (Å²) < 4.78 is 16.3. The van der Waals surface area contributed by atoms with Gasteiger partial charge in [0.2, 0.25) is 0 Å². The summed E-state index contributed by atoms with van der Waals surface area (Å²) in [5.41, 5.74) is 4.37. The van der Waals surface area contributed by atoms with Crippen LogP contribution in [-0.4, -0.2) is 17.9 Å². The number of carbonyl (C=O) groups excluding carboxylic acids is 3. The average Bonchev–Trinajstić information content (AvgIpc) is 3.16. The van der Waals surface area contributed by atoms with Crippen LogP contribution in [0.4, 0.5) is 0 Å². The molecule has 1 unspecified atom stereocenters. The standard InChI is InChI=1S/C27H26O6/c1-15(2)25(28)31-22-11-9-18-7-8-19(13-21(18)22)20-10-12-23(32-26(29)16(3)4)24(14-20)33-27(30)17(5)6/h7-8,10,12-14,22H,1,3,5,9,11H2,2,4,6H3. The fraction of sp³-hybridized carbons (Fsp3) is 0.222. The second-order valence-electron chi connectivity index (χ2n) is 8.13. The molecule has 1 atom stereocenters. The molecule has 3 rings (SSSR count). The molecule has 33 heavy (non-hydrogen) atoms. The zero-order chi connectivity index (χ0) is 24.3. The molecule has 0 N–H and O–H groups in total. The summed E-state index contributed by atoms with van der Waals surface area (Å²) >= 11 is 0. The van der Waals surface area contributed by atoms with Crippen LogP contribution in [0, 0.1) is 0 Å². The fourth-order valence-corrected chi connectivity index (χ4v) is 3.32. The van der Waals surface area contributed by atoms with Crippen molar-refractivity contribution in [2.45, 2.75) is 39.7 Å². The maximum absolute atomic E-state index is 12.2. The number of rotatable bonds is 7. The summed E-state index contributed by atoms with van der Waals surface area (Å²) in [7, 11) is 0. The van der Waals surface area contributed by atoms with E-state index in [1.807, 2.05) is 18.2 Å². The van der Waals surface area contributed by atoms with Gasteiger partial charge in [0.05, 0.1) is 0 Å². The van der Waals surface area contributed by atoms with E-state index in [2.05, 4.69) is 19.7 Å². The summed E-state index contributed by atoms with van der Waals surface area (Å²) in [4.78, 5) is 36.2. The lowest BCUT2D eigenvalue weighted by Gasteiger charge is -2.15. The second-order valence-corrected chi connectivity index (χ2v) is 8.13. The highest BCUT2D eigenvalue weighted by Gasteiger charge is 2.27. The number of benzene rings is 2. The summed E-state index contributed by atoms with van der Waals surface area (Å²) in [5, 5.41) is 0. The fourth-order valence-electron chi connectivity index (χ4n) is 3.32. The van der Waals surface area contributed by atoms with Gasteiger partial charge in [0, 0.05) is 16.7 Å². The summed E-state index contributed by atoms with van der Waals surface area (Å²) in [6.45, 7) is 15.5. The molecule has 0 radical (unpaired) electrons. The second kappa shape index (κ2) is 9.69. The Kier molecular flexibility index (Phi) is 6.97. The first kappa shape index (κ1) is 23.7. The Bertz CT molecular complexity index is 1190. The monoisotopic (exact) mass is 446 g/mol. The topological polar surface area (TPSA) is 78.9 Å². The minimum atomic E-state index is -0.638. The molecule has 0 saturated carbocycles. The third-order valence-corrected chi connectivity index (χ3v) is 5.15. The van der Waals surface area contributed by atoms with Gasteiger partial charge in [-0.05, 0) is 74.1 Å². The van der Waals surface area contributed by atoms with Crippen LogP contribution < -0.4 is 9.47 Å². The lowest BCUT2D eigenvalue weighted by Crippen LogP contribution is -2.12. The molecule has 6 nitrogen and oxygen atoms in total. The predicted octanol–water partition coefficient (Wildman–Crippen LogP) is 5.42. The van der Waals surface area contributed by atoms with Crippen molar-refractivity contribution in [1.82, 2.24) is 0 Å². The maximum atomic E-state index is 12.2. The van der Waals surface area contributed by atoms with Crippen molar-refractivity contribution < 1.29 is 28.6 Å². The van der Waals surface area contributed by atoms with Gasteiger partial charge in [-0.25, -0.2) is 14.4 Å². The third kappa shape index (κ3) is 5.47. The van der Waals surface area contributed by atoms with Crippen LogP contribution in [0.3, 0.4) is 0 Å². The normalized spacial score (nSPS) is 14.1. The Hall–Kier alpha value is -3.93. The van der Waals surface area contributed by atoms with Gasteiger partial charge in [-0.1, -0.05) is 37.9 Å². The van der Waals surface area contributed by atoms with Gasteiger partial charge in [0.25, 0.3) is 0 Å². The van der Waals surface area contributed by atoms with Gasteiger partial charge >= 0.3 is 17.9 Å². The molecule has 0 fully saturated rings. The van der Waals surface area contributed by atoms with Gasteiger partial charge in [0.1, 0.15) is 6.10 Å². The van der Waals surface area contributed by atoms with Crippen LogP contribution in [0.5, 0.6) is 11.5 Å². The van der Waals surface area contributed by atoms with Gasteiger partial charge in [-0.3, -0.25) is 0 Å². The predicted molar refractivity (Wildman–Crippen MR) is 125 cm³/mol.